The molecule has 4 heteroatoms. The summed E-state index contributed by atoms with van der Waals surface area (Å²) in [6.07, 6.45) is 10.3. The normalized spacial score (nSPS) is 11.0. The van der Waals surface area contributed by atoms with Crippen molar-refractivity contribution < 1.29 is 4.92 Å². The molecule has 0 fully saturated rings. The lowest BCUT2D eigenvalue weighted by Crippen LogP contribution is -2.25. The Hall–Kier alpha value is -2.62. The Morgan fingerprint density at radius 2 is 1.41 bits per heavy atom. The molecule has 0 heterocycles. The fraction of sp³-hybridized carbons (Fsp3) is 0.391. The van der Waals surface area contributed by atoms with Gasteiger partial charge in [0.15, 0.2) is 0 Å². The van der Waals surface area contributed by atoms with Crippen molar-refractivity contribution >= 4 is 23.5 Å². The van der Waals surface area contributed by atoms with E-state index >= 15 is 0 Å². The SMILES string of the molecule is CCCCCCN(CCC)c1ccc(C=Cc2ccc([N+](=O)[O-])cc2)cc1. The van der Waals surface area contributed by atoms with Gasteiger partial charge < -0.3 is 4.90 Å². The maximum Gasteiger partial charge on any atom is 0.269 e. The summed E-state index contributed by atoms with van der Waals surface area (Å²) in [6.45, 7) is 6.67. The number of hydrogen-bond acceptors (Lipinski definition) is 3. The summed E-state index contributed by atoms with van der Waals surface area (Å²) in [5.41, 5.74) is 3.47. The molecule has 0 unspecified atom stereocenters. The van der Waals surface area contributed by atoms with Gasteiger partial charge in [-0.2, -0.15) is 0 Å². The molecule has 0 amide bonds. The van der Waals surface area contributed by atoms with Gasteiger partial charge in [-0.25, -0.2) is 0 Å². The van der Waals surface area contributed by atoms with Gasteiger partial charge in [-0.15, -0.1) is 0 Å². The summed E-state index contributed by atoms with van der Waals surface area (Å²) < 4.78 is 0. The maximum atomic E-state index is 10.7. The van der Waals surface area contributed by atoms with Crippen LogP contribution in [0, 0.1) is 10.1 Å². The van der Waals surface area contributed by atoms with Crippen LogP contribution >= 0.6 is 0 Å². The Morgan fingerprint density at radius 1 is 0.815 bits per heavy atom. The number of non-ortho nitro benzene ring substituents is 1. The van der Waals surface area contributed by atoms with Crippen LogP contribution in [-0.2, 0) is 0 Å². The first-order chi connectivity index (χ1) is 13.1. The van der Waals surface area contributed by atoms with E-state index < -0.39 is 0 Å². The molecular formula is C23H30N2O2. The monoisotopic (exact) mass is 366 g/mol. The number of unbranched alkanes of at least 4 members (excludes halogenated alkanes) is 3. The van der Waals surface area contributed by atoms with Crippen molar-refractivity contribution in [1.29, 1.82) is 0 Å². The highest BCUT2D eigenvalue weighted by Gasteiger charge is 2.05. The highest BCUT2D eigenvalue weighted by molar-refractivity contribution is 5.71. The molecule has 0 spiro atoms. The van der Waals surface area contributed by atoms with Gasteiger partial charge in [-0.05, 0) is 48.2 Å². The van der Waals surface area contributed by atoms with Crippen molar-refractivity contribution in [2.45, 2.75) is 46.0 Å². The maximum absolute atomic E-state index is 10.7. The second-order valence-corrected chi connectivity index (χ2v) is 6.82. The van der Waals surface area contributed by atoms with E-state index in [0.717, 1.165) is 30.6 Å². The predicted octanol–water partition coefficient (Wildman–Crippen LogP) is 6.56. The minimum absolute atomic E-state index is 0.117. The average Bonchev–Trinajstić information content (AvgIpc) is 2.69. The molecule has 0 aromatic heterocycles. The van der Waals surface area contributed by atoms with E-state index in [4.69, 9.17) is 0 Å². The second kappa shape index (κ2) is 11.2. The minimum Gasteiger partial charge on any atom is -0.372 e. The van der Waals surface area contributed by atoms with Crippen molar-refractivity contribution in [3.8, 4) is 0 Å². The molecule has 4 nitrogen and oxygen atoms in total. The molecule has 0 atom stereocenters. The Balaban J connectivity index is 1.98. The zero-order valence-corrected chi connectivity index (χ0v) is 16.4. The number of nitrogens with zero attached hydrogens (tertiary/aromatic N) is 2. The van der Waals surface area contributed by atoms with Gasteiger partial charge in [0, 0.05) is 30.9 Å². The van der Waals surface area contributed by atoms with Crippen LogP contribution in [0.5, 0.6) is 0 Å². The Morgan fingerprint density at radius 3 is 1.93 bits per heavy atom. The lowest BCUT2D eigenvalue weighted by Gasteiger charge is -2.24. The molecule has 0 radical (unpaired) electrons. The van der Waals surface area contributed by atoms with Crippen molar-refractivity contribution in [3.63, 3.8) is 0 Å². The van der Waals surface area contributed by atoms with Crippen molar-refractivity contribution in [3.05, 3.63) is 69.8 Å². The standard InChI is InChI=1S/C23H30N2O2/c1-3-5-6-7-19-24(18-4-2)22-14-10-20(11-15-22)8-9-21-12-16-23(17-13-21)25(26)27/h8-17H,3-7,18-19H2,1-2H3. The zero-order chi connectivity index (χ0) is 19.5. The summed E-state index contributed by atoms with van der Waals surface area (Å²) in [5, 5.41) is 10.7. The molecule has 0 aliphatic rings. The fourth-order valence-electron chi connectivity index (χ4n) is 3.07. The Bertz CT molecular complexity index is 721. The van der Waals surface area contributed by atoms with Crippen LogP contribution in [0.1, 0.15) is 57.1 Å². The van der Waals surface area contributed by atoms with Gasteiger partial charge in [-0.3, -0.25) is 10.1 Å². The molecule has 0 N–H and O–H groups in total. The van der Waals surface area contributed by atoms with E-state index in [1.165, 1.54) is 43.5 Å². The summed E-state index contributed by atoms with van der Waals surface area (Å²) in [5.74, 6) is 0. The molecular weight excluding hydrogens is 336 g/mol. The van der Waals surface area contributed by atoms with Crippen LogP contribution < -0.4 is 4.90 Å². The third-order valence-corrected chi connectivity index (χ3v) is 4.61. The van der Waals surface area contributed by atoms with E-state index in [1.807, 2.05) is 12.2 Å². The van der Waals surface area contributed by atoms with Crippen LogP contribution in [0.25, 0.3) is 12.2 Å². The van der Waals surface area contributed by atoms with Gasteiger partial charge in [0.25, 0.3) is 5.69 Å². The predicted molar refractivity (Wildman–Crippen MR) is 115 cm³/mol. The van der Waals surface area contributed by atoms with Gasteiger partial charge in [0.05, 0.1) is 4.92 Å². The quantitative estimate of drug-likeness (QED) is 0.196. The smallest absolute Gasteiger partial charge is 0.269 e. The molecule has 0 saturated carbocycles. The molecule has 0 aliphatic heterocycles. The fourth-order valence-corrected chi connectivity index (χ4v) is 3.07. The largest absolute Gasteiger partial charge is 0.372 e. The molecule has 2 aromatic rings. The second-order valence-electron chi connectivity index (χ2n) is 6.82. The van der Waals surface area contributed by atoms with Crippen LogP contribution in [0.15, 0.2) is 48.5 Å². The van der Waals surface area contributed by atoms with E-state index in [1.54, 1.807) is 12.1 Å². The first-order valence-corrected chi connectivity index (χ1v) is 9.91. The number of hydrogen-bond donors (Lipinski definition) is 0. The zero-order valence-electron chi connectivity index (χ0n) is 16.4. The highest BCUT2D eigenvalue weighted by atomic mass is 16.6. The van der Waals surface area contributed by atoms with E-state index in [0.29, 0.717) is 0 Å². The van der Waals surface area contributed by atoms with Crippen molar-refractivity contribution in [2.24, 2.45) is 0 Å². The summed E-state index contributed by atoms with van der Waals surface area (Å²) in [6, 6.07) is 15.2. The molecule has 144 valence electrons. The highest BCUT2D eigenvalue weighted by Crippen LogP contribution is 2.19. The van der Waals surface area contributed by atoms with Crippen molar-refractivity contribution in [2.75, 3.05) is 18.0 Å². The number of anilines is 1. The van der Waals surface area contributed by atoms with Crippen LogP contribution in [0.2, 0.25) is 0 Å². The first kappa shape index (κ1) is 20.7. The molecule has 2 rings (SSSR count). The van der Waals surface area contributed by atoms with Crippen LogP contribution in [-0.4, -0.2) is 18.0 Å². The van der Waals surface area contributed by atoms with E-state index in [-0.39, 0.29) is 10.6 Å². The first-order valence-electron chi connectivity index (χ1n) is 9.91. The average molecular weight is 367 g/mol. The third kappa shape index (κ3) is 6.89. The van der Waals surface area contributed by atoms with E-state index in [2.05, 4.69) is 43.0 Å². The number of benzene rings is 2. The van der Waals surface area contributed by atoms with E-state index in [9.17, 15) is 10.1 Å². The molecule has 2 aromatic carbocycles. The lowest BCUT2D eigenvalue weighted by atomic mass is 10.1. The van der Waals surface area contributed by atoms with Crippen LogP contribution in [0.3, 0.4) is 0 Å². The number of nitro benzene ring substituents is 1. The molecule has 0 saturated heterocycles. The molecule has 0 aliphatic carbocycles. The number of nitro groups is 1. The molecule has 0 bridgehead atoms. The van der Waals surface area contributed by atoms with Crippen LogP contribution in [0.4, 0.5) is 11.4 Å². The van der Waals surface area contributed by atoms with Gasteiger partial charge in [-0.1, -0.05) is 57.4 Å². The van der Waals surface area contributed by atoms with Crippen molar-refractivity contribution in [1.82, 2.24) is 0 Å². The Kier molecular flexibility index (Phi) is 8.56. The topological polar surface area (TPSA) is 46.4 Å². The number of rotatable bonds is 11. The van der Waals surface area contributed by atoms with Gasteiger partial charge >= 0.3 is 0 Å². The molecule has 27 heavy (non-hydrogen) atoms. The van der Waals surface area contributed by atoms with Gasteiger partial charge in [0.1, 0.15) is 0 Å². The summed E-state index contributed by atoms with van der Waals surface area (Å²) >= 11 is 0. The summed E-state index contributed by atoms with van der Waals surface area (Å²) in [7, 11) is 0. The third-order valence-electron chi connectivity index (χ3n) is 4.61. The minimum atomic E-state index is -0.378. The lowest BCUT2D eigenvalue weighted by molar-refractivity contribution is -0.384. The van der Waals surface area contributed by atoms with Gasteiger partial charge in [0.2, 0.25) is 0 Å². The summed E-state index contributed by atoms with van der Waals surface area (Å²) in [4.78, 5) is 12.8. The Labute approximate surface area is 162 Å².